The predicted molar refractivity (Wildman–Crippen MR) is 75.0 cm³/mol. The van der Waals surface area contributed by atoms with Gasteiger partial charge in [0.15, 0.2) is 0 Å². The molecule has 1 aromatic rings. The first-order valence-electron chi connectivity index (χ1n) is 5.82. The zero-order valence-electron chi connectivity index (χ0n) is 10.9. The molecule has 0 aromatic heterocycles. The van der Waals surface area contributed by atoms with Crippen molar-refractivity contribution in [3.8, 4) is 5.75 Å². The fourth-order valence-electron chi connectivity index (χ4n) is 1.63. The van der Waals surface area contributed by atoms with Crippen molar-refractivity contribution in [3.63, 3.8) is 0 Å². The Labute approximate surface area is 116 Å². The minimum Gasteiger partial charge on any atom is -0.496 e. The Hall–Kier alpha value is -0.620. The molecule has 1 rings (SSSR count). The quantitative estimate of drug-likeness (QED) is 0.808. The first kappa shape index (κ1) is 15.4. The van der Waals surface area contributed by atoms with E-state index >= 15 is 0 Å². The molecule has 0 aliphatic rings. The van der Waals surface area contributed by atoms with E-state index in [9.17, 15) is 5.11 Å². The van der Waals surface area contributed by atoms with Gasteiger partial charge in [0.1, 0.15) is 5.75 Å². The van der Waals surface area contributed by atoms with Crippen LogP contribution in [0, 0.1) is 0 Å². The summed E-state index contributed by atoms with van der Waals surface area (Å²) in [6.07, 6.45) is -0.487. The topological polar surface area (TPSA) is 50.7 Å². The van der Waals surface area contributed by atoms with Crippen LogP contribution in [0.25, 0.3) is 0 Å². The summed E-state index contributed by atoms with van der Waals surface area (Å²) < 4.78 is 11.0. The third kappa shape index (κ3) is 4.57. The van der Waals surface area contributed by atoms with Gasteiger partial charge in [0, 0.05) is 19.7 Å². The number of aliphatic hydroxyl groups is 1. The van der Waals surface area contributed by atoms with E-state index in [1.165, 1.54) is 0 Å². The molecule has 0 heterocycles. The monoisotopic (exact) mass is 317 g/mol. The Morgan fingerprint density at radius 3 is 2.67 bits per heavy atom. The van der Waals surface area contributed by atoms with E-state index in [0.29, 0.717) is 13.2 Å². The Balaban J connectivity index is 2.56. The van der Waals surface area contributed by atoms with E-state index in [-0.39, 0.29) is 6.04 Å². The van der Waals surface area contributed by atoms with E-state index in [1.807, 2.05) is 25.1 Å². The first-order valence-corrected chi connectivity index (χ1v) is 6.61. The van der Waals surface area contributed by atoms with Crippen molar-refractivity contribution in [1.29, 1.82) is 0 Å². The molecule has 0 bridgehead atoms. The van der Waals surface area contributed by atoms with Crippen molar-refractivity contribution in [1.82, 2.24) is 5.32 Å². The molecule has 0 saturated heterocycles. The number of hydrogen-bond donors (Lipinski definition) is 2. The van der Waals surface area contributed by atoms with Crippen LogP contribution in [-0.4, -0.2) is 38.6 Å². The lowest BCUT2D eigenvalue weighted by atomic mass is 10.1. The van der Waals surface area contributed by atoms with Gasteiger partial charge in [-0.15, -0.1) is 0 Å². The zero-order valence-corrected chi connectivity index (χ0v) is 12.5. The number of benzene rings is 1. The van der Waals surface area contributed by atoms with Crippen molar-refractivity contribution in [2.45, 2.75) is 19.1 Å². The summed E-state index contributed by atoms with van der Waals surface area (Å²) in [5.74, 6) is 0.811. The predicted octanol–water partition coefficient (Wildman–Crippen LogP) is 2.12. The van der Waals surface area contributed by atoms with Crippen LogP contribution in [0.2, 0.25) is 0 Å². The van der Waals surface area contributed by atoms with Gasteiger partial charge in [0.25, 0.3) is 0 Å². The molecule has 0 fully saturated rings. The van der Waals surface area contributed by atoms with Gasteiger partial charge in [-0.3, -0.25) is 0 Å². The highest BCUT2D eigenvalue weighted by Gasteiger charge is 2.10. The molecule has 0 aliphatic heterocycles. The highest BCUT2D eigenvalue weighted by atomic mass is 79.9. The number of methoxy groups -OCH3 is 2. The van der Waals surface area contributed by atoms with Crippen LogP contribution in [0.1, 0.15) is 18.5 Å². The smallest absolute Gasteiger partial charge is 0.133 e. The molecular weight excluding hydrogens is 298 g/mol. The average molecular weight is 318 g/mol. The fourth-order valence-corrected chi connectivity index (χ4v) is 2.19. The lowest BCUT2D eigenvalue weighted by molar-refractivity contribution is 0.0630. The van der Waals surface area contributed by atoms with Crippen LogP contribution < -0.4 is 10.1 Å². The van der Waals surface area contributed by atoms with Crippen LogP contribution in [0.15, 0.2) is 22.7 Å². The molecule has 4 nitrogen and oxygen atoms in total. The van der Waals surface area contributed by atoms with E-state index in [0.717, 1.165) is 15.8 Å². The van der Waals surface area contributed by atoms with Crippen molar-refractivity contribution in [2.24, 2.45) is 0 Å². The van der Waals surface area contributed by atoms with E-state index in [2.05, 4.69) is 21.2 Å². The minimum absolute atomic E-state index is 0.152. The second kappa shape index (κ2) is 7.74. The van der Waals surface area contributed by atoms with Crippen LogP contribution in [0.4, 0.5) is 0 Å². The second-order valence-electron chi connectivity index (χ2n) is 4.13. The second-order valence-corrected chi connectivity index (χ2v) is 4.99. The molecule has 0 amide bonds. The van der Waals surface area contributed by atoms with Crippen molar-refractivity contribution in [2.75, 3.05) is 27.4 Å². The van der Waals surface area contributed by atoms with Gasteiger partial charge in [0.2, 0.25) is 0 Å². The van der Waals surface area contributed by atoms with Gasteiger partial charge in [-0.25, -0.2) is 0 Å². The Kier molecular flexibility index (Phi) is 6.63. The molecule has 0 spiro atoms. The van der Waals surface area contributed by atoms with E-state index in [4.69, 9.17) is 9.47 Å². The van der Waals surface area contributed by atoms with Gasteiger partial charge < -0.3 is 19.9 Å². The Bertz CT molecular complexity index is 373. The van der Waals surface area contributed by atoms with Crippen LogP contribution in [0.3, 0.4) is 0 Å². The summed E-state index contributed by atoms with van der Waals surface area (Å²) in [4.78, 5) is 0. The number of nitrogens with one attached hydrogen (secondary N) is 1. The molecule has 1 aromatic carbocycles. The third-order valence-electron chi connectivity index (χ3n) is 2.69. The van der Waals surface area contributed by atoms with Gasteiger partial charge in [-0.2, -0.15) is 0 Å². The first-order chi connectivity index (χ1) is 8.58. The maximum absolute atomic E-state index is 9.56. The molecule has 18 heavy (non-hydrogen) atoms. The van der Waals surface area contributed by atoms with Crippen molar-refractivity contribution in [3.05, 3.63) is 28.2 Å². The lowest BCUT2D eigenvalue weighted by Crippen LogP contribution is -2.31. The molecular formula is C13H20BrNO3. The van der Waals surface area contributed by atoms with Gasteiger partial charge in [-0.1, -0.05) is 6.07 Å². The van der Waals surface area contributed by atoms with Crippen LogP contribution in [-0.2, 0) is 4.74 Å². The van der Waals surface area contributed by atoms with E-state index in [1.54, 1.807) is 14.2 Å². The Morgan fingerprint density at radius 2 is 2.11 bits per heavy atom. The maximum Gasteiger partial charge on any atom is 0.133 e. The lowest BCUT2D eigenvalue weighted by Gasteiger charge is -2.18. The zero-order chi connectivity index (χ0) is 13.5. The maximum atomic E-state index is 9.56. The van der Waals surface area contributed by atoms with Crippen molar-refractivity contribution >= 4 is 15.9 Å². The molecule has 2 unspecified atom stereocenters. The molecule has 0 saturated carbocycles. The third-order valence-corrected chi connectivity index (χ3v) is 3.31. The summed E-state index contributed by atoms with van der Waals surface area (Å²) in [5.41, 5.74) is 1.13. The Morgan fingerprint density at radius 1 is 1.39 bits per heavy atom. The standard InChI is InChI=1S/C13H20BrNO3/c1-9(15-7-11(16)8-17-2)10-4-5-13(18-3)12(14)6-10/h4-6,9,11,15-16H,7-8H2,1-3H3. The minimum atomic E-state index is -0.487. The molecule has 2 N–H and O–H groups in total. The highest BCUT2D eigenvalue weighted by Crippen LogP contribution is 2.27. The number of rotatable bonds is 7. The van der Waals surface area contributed by atoms with Crippen LogP contribution >= 0.6 is 15.9 Å². The largest absolute Gasteiger partial charge is 0.496 e. The molecule has 102 valence electrons. The molecule has 5 heteroatoms. The molecule has 2 atom stereocenters. The summed E-state index contributed by atoms with van der Waals surface area (Å²) >= 11 is 3.46. The van der Waals surface area contributed by atoms with Gasteiger partial charge in [0.05, 0.1) is 24.3 Å². The molecule has 0 aliphatic carbocycles. The number of hydrogen-bond acceptors (Lipinski definition) is 4. The number of halogens is 1. The number of ether oxygens (including phenoxy) is 2. The fraction of sp³-hybridized carbons (Fsp3) is 0.538. The summed E-state index contributed by atoms with van der Waals surface area (Å²) in [6, 6.07) is 6.09. The van der Waals surface area contributed by atoms with Gasteiger partial charge >= 0.3 is 0 Å². The summed E-state index contributed by atoms with van der Waals surface area (Å²) in [6.45, 7) is 2.89. The molecule has 0 radical (unpaired) electrons. The number of aliphatic hydroxyl groups excluding tert-OH is 1. The summed E-state index contributed by atoms with van der Waals surface area (Å²) in [7, 11) is 3.22. The average Bonchev–Trinajstić information content (AvgIpc) is 2.36. The van der Waals surface area contributed by atoms with Gasteiger partial charge in [-0.05, 0) is 40.5 Å². The highest BCUT2D eigenvalue weighted by molar-refractivity contribution is 9.10. The SMILES string of the molecule is COCC(O)CNC(C)c1ccc(OC)c(Br)c1. The van der Waals surface area contributed by atoms with Crippen molar-refractivity contribution < 1.29 is 14.6 Å². The normalized spacial score (nSPS) is 14.3. The van der Waals surface area contributed by atoms with Crippen LogP contribution in [0.5, 0.6) is 5.75 Å². The van der Waals surface area contributed by atoms with E-state index < -0.39 is 6.10 Å². The summed E-state index contributed by atoms with van der Waals surface area (Å²) in [5, 5.41) is 12.8.